The Hall–Kier alpha value is -1.39. The Morgan fingerprint density at radius 3 is 2.87 bits per heavy atom. The van der Waals surface area contributed by atoms with Gasteiger partial charge < -0.3 is 10.6 Å². The summed E-state index contributed by atoms with van der Waals surface area (Å²) in [6, 6.07) is 0.369. The van der Waals surface area contributed by atoms with Gasteiger partial charge in [0.25, 0.3) is 0 Å². The molecule has 0 spiro atoms. The van der Waals surface area contributed by atoms with E-state index in [0.717, 1.165) is 25.2 Å². The van der Waals surface area contributed by atoms with E-state index in [1.54, 1.807) is 6.20 Å². The Balaban J connectivity index is 2.57. The Labute approximate surface area is 90.7 Å². The van der Waals surface area contributed by atoms with Gasteiger partial charge >= 0.3 is 0 Å². The van der Waals surface area contributed by atoms with Crippen LogP contribution in [0.3, 0.4) is 0 Å². The first kappa shape index (κ1) is 11.7. The molecule has 0 aliphatic rings. The van der Waals surface area contributed by atoms with Crippen molar-refractivity contribution in [1.29, 1.82) is 0 Å². The van der Waals surface area contributed by atoms with Gasteiger partial charge in [0.1, 0.15) is 5.82 Å². The van der Waals surface area contributed by atoms with Crippen LogP contribution in [0.15, 0.2) is 6.20 Å². The normalized spacial score (nSPS) is 12.2. The standard InChI is InChI=1S/C10H19N5/c1-4-6-11-9-7-12-15-10(14-9)13-8(3)5-2/h7-8H,4-6H2,1-3H3,(H2,11,13,14,15). The number of rotatable bonds is 6. The number of nitrogens with zero attached hydrogens (tertiary/aromatic N) is 3. The van der Waals surface area contributed by atoms with E-state index in [9.17, 15) is 0 Å². The van der Waals surface area contributed by atoms with Crippen LogP contribution in [-0.4, -0.2) is 27.8 Å². The van der Waals surface area contributed by atoms with Crippen molar-refractivity contribution in [3.05, 3.63) is 6.20 Å². The van der Waals surface area contributed by atoms with Gasteiger partial charge in [0, 0.05) is 12.6 Å². The van der Waals surface area contributed by atoms with Crippen LogP contribution >= 0.6 is 0 Å². The first-order valence-corrected chi connectivity index (χ1v) is 5.46. The van der Waals surface area contributed by atoms with Gasteiger partial charge in [-0.1, -0.05) is 13.8 Å². The lowest BCUT2D eigenvalue weighted by atomic mass is 10.3. The minimum atomic E-state index is 0.369. The van der Waals surface area contributed by atoms with Crippen molar-refractivity contribution < 1.29 is 0 Å². The lowest BCUT2D eigenvalue weighted by molar-refractivity contribution is 0.746. The molecule has 0 amide bonds. The van der Waals surface area contributed by atoms with Gasteiger partial charge in [-0.3, -0.25) is 0 Å². The van der Waals surface area contributed by atoms with Crippen molar-refractivity contribution in [3.63, 3.8) is 0 Å². The molecule has 84 valence electrons. The SMILES string of the molecule is CCCNc1cnnc(NC(C)CC)n1. The van der Waals surface area contributed by atoms with E-state index >= 15 is 0 Å². The summed E-state index contributed by atoms with van der Waals surface area (Å²) in [5.74, 6) is 1.36. The minimum Gasteiger partial charge on any atom is -0.369 e. The molecule has 1 heterocycles. The molecule has 5 heteroatoms. The van der Waals surface area contributed by atoms with Gasteiger partial charge in [-0.2, -0.15) is 10.1 Å². The minimum absolute atomic E-state index is 0.369. The van der Waals surface area contributed by atoms with Crippen molar-refractivity contribution in [2.45, 2.75) is 39.7 Å². The van der Waals surface area contributed by atoms with Crippen LogP contribution in [0.5, 0.6) is 0 Å². The average molecular weight is 209 g/mol. The predicted octanol–water partition coefficient (Wildman–Crippen LogP) is 1.90. The molecule has 1 aromatic heterocycles. The Morgan fingerprint density at radius 2 is 2.20 bits per heavy atom. The van der Waals surface area contributed by atoms with Crippen LogP contribution in [0.25, 0.3) is 0 Å². The van der Waals surface area contributed by atoms with Gasteiger partial charge in [0.05, 0.1) is 6.20 Å². The number of hydrogen-bond acceptors (Lipinski definition) is 5. The van der Waals surface area contributed by atoms with Gasteiger partial charge in [0.15, 0.2) is 0 Å². The fraction of sp³-hybridized carbons (Fsp3) is 0.700. The third-order valence-corrected chi connectivity index (χ3v) is 2.10. The fourth-order valence-corrected chi connectivity index (χ4v) is 1.03. The lowest BCUT2D eigenvalue weighted by Crippen LogP contribution is -2.16. The highest BCUT2D eigenvalue weighted by Crippen LogP contribution is 2.05. The van der Waals surface area contributed by atoms with Gasteiger partial charge in [0.2, 0.25) is 5.95 Å². The summed E-state index contributed by atoms with van der Waals surface area (Å²) < 4.78 is 0. The van der Waals surface area contributed by atoms with Gasteiger partial charge in [-0.05, 0) is 19.8 Å². The summed E-state index contributed by atoms with van der Waals surface area (Å²) in [6.07, 6.45) is 3.74. The predicted molar refractivity (Wildman–Crippen MR) is 62.0 cm³/mol. The largest absolute Gasteiger partial charge is 0.369 e. The second-order valence-corrected chi connectivity index (χ2v) is 3.55. The molecule has 15 heavy (non-hydrogen) atoms. The molecule has 1 atom stereocenters. The third kappa shape index (κ3) is 4.10. The van der Waals surface area contributed by atoms with Crippen molar-refractivity contribution in [2.75, 3.05) is 17.2 Å². The highest BCUT2D eigenvalue weighted by atomic mass is 15.3. The van der Waals surface area contributed by atoms with Crippen LogP contribution < -0.4 is 10.6 Å². The molecule has 0 radical (unpaired) electrons. The van der Waals surface area contributed by atoms with Gasteiger partial charge in [-0.25, -0.2) is 0 Å². The maximum Gasteiger partial charge on any atom is 0.244 e. The van der Waals surface area contributed by atoms with E-state index in [1.807, 2.05) is 0 Å². The van der Waals surface area contributed by atoms with Crippen LogP contribution in [-0.2, 0) is 0 Å². The maximum atomic E-state index is 4.30. The summed E-state index contributed by atoms with van der Waals surface area (Å²) >= 11 is 0. The maximum absolute atomic E-state index is 4.30. The van der Waals surface area contributed by atoms with Crippen LogP contribution in [0.2, 0.25) is 0 Å². The van der Waals surface area contributed by atoms with Gasteiger partial charge in [-0.15, -0.1) is 5.10 Å². The third-order valence-electron chi connectivity index (χ3n) is 2.10. The van der Waals surface area contributed by atoms with E-state index in [4.69, 9.17) is 0 Å². The molecular weight excluding hydrogens is 190 g/mol. The molecule has 0 aliphatic heterocycles. The highest BCUT2D eigenvalue weighted by molar-refractivity contribution is 5.37. The number of hydrogen-bond donors (Lipinski definition) is 2. The van der Waals surface area contributed by atoms with Crippen molar-refractivity contribution >= 4 is 11.8 Å². The molecule has 2 N–H and O–H groups in total. The summed E-state index contributed by atoms with van der Waals surface area (Å²) in [5.41, 5.74) is 0. The molecular formula is C10H19N5. The fourth-order valence-electron chi connectivity index (χ4n) is 1.03. The zero-order valence-electron chi connectivity index (χ0n) is 9.62. The first-order chi connectivity index (χ1) is 7.26. The molecule has 0 aromatic carbocycles. The quantitative estimate of drug-likeness (QED) is 0.749. The van der Waals surface area contributed by atoms with E-state index in [2.05, 4.69) is 46.6 Å². The van der Waals surface area contributed by atoms with E-state index in [-0.39, 0.29) is 0 Å². The Morgan fingerprint density at radius 1 is 1.40 bits per heavy atom. The van der Waals surface area contributed by atoms with E-state index in [0.29, 0.717) is 12.0 Å². The molecule has 0 saturated heterocycles. The summed E-state index contributed by atoms with van der Waals surface area (Å²) in [6.45, 7) is 7.22. The molecule has 1 rings (SSSR count). The summed E-state index contributed by atoms with van der Waals surface area (Å²) in [7, 11) is 0. The number of anilines is 2. The zero-order chi connectivity index (χ0) is 11.1. The second kappa shape index (κ2) is 6.16. The van der Waals surface area contributed by atoms with Crippen LogP contribution in [0, 0.1) is 0 Å². The highest BCUT2D eigenvalue weighted by Gasteiger charge is 2.02. The van der Waals surface area contributed by atoms with E-state index in [1.165, 1.54) is 0 Å². The molecule has 1 aromatic rings. The first-order valence-electron chi connectivity index (χ1n) is 5.46. The summed E-state index contributed by atoms with van der Waals surface area (Å²) in [4.78, 5) is 4.30. The molecule has 1 unspecified atom stereocenters. The number of nitrogens with one attached hydrogen (secondary N) is 2. The average Bonchev–Trinajstić information content (AvgIpc) is 2.26. The van der Waals surface area contributed by atoms with Crippen LogP contribution in [0.1, 0.15) is 33.6 Å². The number of aromatic nitrogens is 3. The van der Waals surface area contributed by atoms with Crippen molar-refractivity contribution in [2.24, 2.45) is 0 Å². The molecule has 5 nitrogen and oxygen atoms in total. The molecule has 0 aliphatic carbocycles. The monoisotopic (exact) mass is 209 g/mol. The zero-order valence-corrected chi connectivity index (χ0v) is 9.62. The Kier molecular flexibility index (Phi) is 4.80. The van der Waals surface area contributed by atoms with Crippen molar-refractivity contribution in [3.8, 4) is 0 Å². The second-order valence-electron chi connectivity index (χ2n) is 3.55. The molecule has 0 fully saturated rings. The topological polar surface area (TPSA) is 62.7 Å². The van der Waals surface area contributed by atoms with Crippen molar-refractivity contribution in [1.82, 2.24) is 15.2 Å². The summed E-state index contributed by atoms with van der Waals surface area (Å²) in [5, 5.41) is 14.2. The molecule has 0 saturated carbocycles. The Bertz CT molecular complexity index is 289. The lowest BCUT2D eigenvalue weighted by Gasteiger charge is -2.11. The molecule has 0 bridgehead atoms. The van der Waals surface area contributed by atoms with E-state index < -0.39 is 0 Å². The smallest absolute Gasteiger partial charge is 0.244 e. The van der Waals surface area contributed by atoms with Crippen LogP contribution in [0.4, 0.5) is 11.8 Å².